The molecule has 0 fully saturated rings. The number of fused-ring (bicyclic) bond motifs is 1. The summed E-state index contributed by atoms with van der Waals surface area (Å²) in [6.07, 6.45) is 3.17. The fraction of sp³-hybridized carbons (Fsp3) is 0.400. The zero-order valence-electron chi connectivity index (χ0n) is 8.19. The van der Waals surface area contributed by atoms with E-state index in [1.165, 1.54) is 6.92 Å². The molecule has 4 nitrogen and oxygen atoms in total. The van der Waals surface area contributed by atoms with Crippen molar-refractivity contribution in [3.8, 4) is 0 Å². The molecule has 0 saturated heterocycles. The maximum Gasteiger partial charge on any atom is 0.263 e. The molecule has 1 atom stereocenters. The molecule has 2 rings (SSSR count). The van der Waals surface area contributed by atoms with E-state index in [-0.39, 0.29) is 5.91 Å². The first-order valence-electron chi connectivity index (χ1n) is 4.58. The molecule has 0 aliphatic carbocycles. The van der Waals surface area contributed by atoms with Crippen molar-refractivity contribution >= 4 is 11.6 Å². The van der Waals surface area contributed by atoms with Gasteiger partial charge in [-0.3, -0.25) is 9.78 Å². The average molecular weight is 192 g/mol. The molecule has 1 unspecified atom stereocenters. The predicted octanol–water partition coefficient (Wildman–Crippen LogP) is 0.656. The van der Waals surface area contributed by atoms with Crippen LogP contribution < -0.4 is 4.90 Å². The Balaban J connectivity index is 2.62. The second-order valence-electron chi connectivity index (χ2n) is 3.51. The topological polar surface area (TPSA) is 53.4 Å². The van der Waals surface area contributed by atoms with Gasteiger partial charge >= 0.3 is 0 Å². The van der Waals surface area contributed by atoms with Crippen molar-refractivity contribution in [1.82, 2.24) is 4.98 Å². The van der Waals surface area contributed by atoms with Gasteiger partial charge in [0.1, 0.15) is 0 Å². The Morgan fingerprint density at radius 1 is 1.64 bits per heavy atom. The van der Waals surface area contributed by atoms with Gasteiger partial charge in [-0.15, -0.1) is 0 Å². The highest BCUT2D eigenvalue weighted by atomic mass is 16.3. The summed E-state index contributed by atoms with van der Waals surface area (Å²) in [5.41, 5.74) is -0.0658. The van der Waals surface area contributed by atoms with Crippen LogP contribution in [-0.4, -0.2) is 22.5 Å². The van der Waals surface area contributed by atoms with Crippen LogP contribution in [0.5, 0.6) is 0 Å². The number of aromatic nitrogens is 1. The van der Waals surface area contributed by atoms with E-state index in [1.807, 2.05) is 6.92 Å². The van der Waals surface area contributed by atoms with E-state index in [4.69, 9.17) is 0 Å². The quantitative estimate of drug-likeness (QED) is 0.711. The second-order valence-corrected chi connectivity index (χ2v) is 3.51. The van der Waals surface area contributed by atoms with E-state index in [2.05, 4.69) is 4.98 Å². The lowest BCUT2D eigenvalue weighted by atomic mass is 10.0. The third kappa shape index (κ3) is 0.974. The van der Waals surface area contributed by atoms with Crippen molar-refractivity contribution in [3.63, 3.8) is 0 Å². The van der Waals surface area contributed by atoms with Gasteiger partial charge in [0.2, 0.25) is 0 Å². The van der Waals surface area contributed by atoms with Crippen LogP contribution in [0.15, 0.2) is 18.5 Å². The summed E-state index contributed by atoms with van der Waals surface area (Å²) < 4.78 is 0. The molecule has 1 aliphatic rings. The number of carbonyl (C=O) groups is 1. The van der Waals surface area contributed by atoms with Gasteiger partial charge in [-0.1, -0.05) is 0 Å². The van der Waals surface area contributed by atoms with E-state index in [0.29, 0.717) is 12.1 Å². The van der Waals surface area contributed by atoms with Crippen LogP contribution in [0.4, 0.5) is 5.69 Å². The smallest absolute Gasteiger partial charge is 0.263 e. The van der Waals surface area contributed by atoms with Crippen LogP contribution in [0.1, 0.15) is 19.4 Å². The Kier molecular flexibility index (Phi) is 1.82. The van der Waals surface area contributed by atoms with E-state index in [1.54, 1.807) is 23.4 Å². The highest BCUT2D eigenvalue weighted by Crippen LogP contribution is 2.38. The molecule has 1 aromatic heterocycles. The van der Waals surface area contributed by atoms with Gasteiger partial charge < -0.3 is 10.0 Å². The molecule has 0 aromatic carbocycles. The molecule has 1 N–H and O–H groups in total. The molecule has 1 amide bonds. The summed E-state index contributed by atoms with van der Waals surface area (Å²) in [6.45, 7) is 3.95. The number of hydrogen-bond donors (Lipinski definition) is 1. The second kappa shape index (κ2) is 2.78. The number of hydrogen-bond acceptors (Lipinski definition) is 3. The third-order valence-electron chi connectivity index (χ3n) is 2.59. The number of amides is 1. The zero-order valence-corrected chi connectivity index (χ0v) is 8.19. The lowest BCUT2D eigenvalue weighted by Gasteiger charge is -2.17. The Labute approximate surface area is 82.2 Å². The Morgan fingerprint density at radius 2 is 2.36 bits per heavy atom. The summed E-state index contributed by atoms with van der Waals surface area (Å²) in [4.78, 5) is 17.2. The molecule has 0 bridgehead atoms. The molecular weight excluding hydrogens is 180 g/mol. The van der Waals surface area contributed by atoms with Gasteiger partial charge in [-0.05, 0) is 19.9 Å². The number of aliphatic hydroxyl groups is 1. The van der Waals surface area contributed by atoms with Gasteiger partial charge in [0.25, 0.3) is 5.91 Å². The lowest BCUT2D eigenvalue weighted by molar-refractivity contribution is -0.134. The van der Waals surface area contributed by atoms with Crippen LogP contribution in [-0.2, 0) is 10.4 Å². The highest BCUT2D eigenvalue weighted by molar-refractivity contribution is 6.06. The minimum absolute atomic E-state index is 0.275. The first kappa shape index (κ1) is 9.15. The largest absolute Gasteiger partial charge is 0.375 e. The summed E-state index contributed by atoms with van der Waals surface area (Å²) >= 11 is 0. The first-order chi connectivity index (χ1) is 6.59. The van der Waals surface area contributed by atoms with Crippen LogP contribution >= 0.6 is 0 Å². The summed E-state index contributed by atoms with van der Waals surface area (Å²) in [7, 11) is 0. The number of likely N-dealkylation sites (N-methyl/N-ethyl adjacent to an activating group) is 1. The number of rotatable bonds is 1. The first-order valence-corrected chi connectivity index (χ1v) is 4.58. The maximum absolute atomic E-state index is 11.8. The monoisotopic (exact) mass is 192 g/mol. The number of anilines is 1. The molecule has 1 aromatic rings. The molecule has 0 saturated carbocycles. The Bertz CT molecular complexity index is 387. The van der Waals surface area contributed by atoms with Gasteiger partial charge in [0.05, 0.1) is 5.69 Å². The number of nitrogens with zero attached hydrogens (tertiary/aromatic N) is 2. The van der Waals surface area contributed by atoms with E-state index in [9.17, 15) is 9.90 Å². The molecule has 0 radical (unpaired) electrons. The minimum Gasteiger partial charge on any atom is -0.375 e. The highest BCUT2D eigenvalue weighted by Gasteiger charge is 2.45. The molecule has 1 aliphatic heterocycles. The SMILES string of the molecule is CCN1C(=O)C(C)(O)c2cnccc21. The molecule has 2 heterocycles. The van der Waals surface area contributed by atoms with Gasteiger partial charge in [-0.25, -0.2) is 0 Å². The van der Waals surface area contributed by atoms with Crippen molar-refractivity contribution < 1.29 is 9.90 Å². The molecule has 74 valence electrons. The van der Waals surface area contributed by atoms with Gasteiger partial charge in [0.15, 0.2) is 5.60 Å². The molecular formula is C10H12N2O2. The van der Waals surface area contributed by atoms with Crippen molar-refractivity contribution in [3.05, 3.63) is 24.0 Å². The normalized spacial score (nSPS) is 25.4. The zero-order chi connectivity index (χ0) is 10.3. The van der Waals surface area contributed by atoms with Crippen molar-refractivity contribution in [1.29, 1.82) is 0 Å². The standard InChI is InChI=1S/C10H12N2O2/c1-3-12-8-4-5-11-6-7(8)10(2,14)9(12)13/h4-6,14H,3H2,1-2H3. The minimum atomic E-state index is -1.42. The van der Waals surface area contributed by atoms with Crippen molar-refractivity contribution in [2.75, 3.05) is 11.4 Å². The Hall–Kier alpha value is -1.42. The van der Waals surface area contributed by atoms with Gasteiger partial charge in [-0.2, -0.15) is 0 Å². The van der Waals surface area contributed by atoms with Crippen LogP contribution in [0.3, 0.4) is 0 Å². The van der Waals surface area contributed by atoms with Crippen LogP contribution in [0, 0.1) is 0 Å². The summed E-state index contributed by atoms with van der Waals surface area (Å²) in [6, 6.07) is 1.75. The van der Waals surface area contributed by atoms with Crippen molar-refractivity contribution in [2.24, 2.45) is 0 Å². The fourth-order valence-electron chi connectivity index (χ4n) is 1.80. The molecule has 0 spiro atoms. The maximum atomic E-state index is 11.8. The predicted molar refractivity (Wildman–Crippen MR) is 51.8 cm³/mol. The van der Waals surface area contributed by atoms with Crippen LogP contribution in [0.25, 0.3) is 0 Å². The summed E-state index contributed by atoms with van der Waals surface area (Å²) in [5.74, 6) is -0.275. The van der Waals surface area contributed by atoms with E-state index >= 15 is 0 Å². The molecule has 14 heavy (non-hydrogen) atoms. The third-order valence-corrected chi connectivity index (χ3v) is 2.59. The summed E-state index contributed by atoms with van der Waals surface area (Å²) in [5, 5.41) is 9.99. The van der Waals surface area contributed by atoms with E-state index in [0.717, 1.165) is 5.69 Å². The van der Waals surface area contributed by atoms with Crippen molar-refractivity contribution in [2.45, 2.75) is 19.4 Å². The number of pyridine rings is 1. The fourth-order valence-corrected chi connectivity index (χ4v) is 1.80. The molecule has 4 heteroatoms. The number of carbonyl (C=O) groups excluding carboxylic acids is 1. The lowest BCUT2D eigenvalue weighted by Crippen LogP contribution is -2.37. The average Bonchev–Trinajstić information content (AvgIpc) is 2.37. The van der Waals surface area contributed by atoms with E-state index < -0.39 is 5.60 Å². The Morgan fingerprint density at radius 3 is 3.00 bits per heavy atom. The van der Waals surface area contributed by atoms with Crippen LogP contribution in [0.2, 0.25) is 0 Å². The van der Waals surface area contributed by atoms with Gasteiger partial charge in [0, 0.05) is 24.5 Å².